The molecular formula is C18H25N3O2S. The van der Waals surface area contributed by atoms with Gasteiger partial charge in [-0.1, -0.05) is 12.8 Å². The first-order valence-electron chi connectivity index (χ1n) is 8.86. The number of thiazole rings is 1. The van der Waals surface area contributed by atoms with Crippen molar-refractivity contribution in [1.82, 2.24) is 14.8 Å². The van der Waals surface area contributed by atoms with Crippen LogP contribution in [0.4, 0.5) is 0 Å². The van der Waals surface area contributed by atoms with Gasteiger partial charge < -0.3 is 9.80 Å². The van der Waals surface area contributed by atoms with Crippen LogP contribution in [0.1, 0.15) is 43.5 Å². The minimum Gasteiger partial charge on any atom is -0.341 e. The van der Waals surface area contributed by atoms with Crippen LogP contribution in [0, 0.1) is 5.92 Å². The average molecular weight is 347 g/mol. The average Bonchev–Trinajstić information content (AvgIpc) is 3.22. The molecule has 0 N–H and O–H groups in total. The first-order valence-corrected chi connectivity index (χ1v) is 9.74. The first kappa shape index (κ1) is 17.1. The summed E-state index contributed by atoms with van der Waals surface area (Å²) in [6.07, 6.45) is 11.6. The fourth-order valence-electron chi connectivity index (χ4n) is 3.54. The lowest BCUT2D eigenvalue weighted by Gasteiger charge is -2.22. The number of hydrogen-bond donors (Lipinski definition) is 0. The maximum atomic E-state index is 12.5. The third-order valence-corrected chi connectivity index (χ3v) is 5.66. The van der Waals surface area contributed by atoms with Crippen molar-refractivity contribution in [1.29, 1.82) is 0 Å². The monoisotopic (exact) mass is 347 g/mol. The topological polar surface area (TPSA) is 53.5 Å². The van der Waals surface area contributed by atoms with E-state index in [1.165, 1.54) is 37.0 Å². The summed E-state index contributed by atoms with van der Waals surface area (Å²) in [5.41, 5.74) is 0. The zero-order valence-electron chi connectivity index (χ0n) is 14.0. The largest absolute Gasteiger partial charge is 0.341 e. The van der Waals surface area contributed by atoms with E-state index < -0.39 is 0 Å². The summed E-state index contributed by atoms with van der Waals surface area (Å²) in [6.45, 7) is 2.76. The molecule has 1 aromatic heterocycles. The molecule has 5 nitrogen and oxygen atoms in total. The minimum atomic E-state index is 0.00953. The molecule has 1 aliphatic heterocycles. The van der Waals surface area contributed by atoms with Gasteiger partial charge in [-0.15, -0.1) is 11.3 Å². The standard InChI is InChI=1S/C18H25N3O2S/c22-17(7-6-16-19-8-13-24-16)20-9-3-10-21(12-11-20)18(23)14-15-4-1-2-5-15/h6-8,13,15H,1-5,9-12,14H2. The van der Waals surface area contributed by atoms with Gasteiger partial charge in [-0.05, 0) is 31.3 Å². The molecule has 6 heteroatoms. The van der Waals surface area contributed by atoms with Crippen molar-refractivity contribution < 1.29 is 9.59 Å². The highest BCUT2D eigenvalue weighted by Crippen LogP contribution is 2.28. The van der Waals surface area contributed by atoms with Gasteiger partial charge >= 0.3 is 0 Å². The smallest absolute Gasteiger partial charge is 0.246 e. The molecule has 2 heterocycles. The molecule has 3 rings (SSSR count). The van der Waals surface area contributed by atoms with E-state index in [9.17, 15) is 9.59 Å². The Morgan fingerprint density at radius 2 is 1.88 bits per heavy atom. The van der Waals surface area contributed by atoms with E-state index in [0.29, 0.717) is 32.0 Å². The summed E-state index contributed by atoms with van der Waals surface area (Å²) < 4.78 is 0. The van der Waals surface area contributed by atoms with Crippen LogP contribution in [0.3, 0.4) is 0 Å². The summed E-state index contributed by atoms with van der Waals surface area (Å²) in [4.78, 5) is 32.7. The Bertz CT molecular complexity index is 579. The lowest BCUT2D eigenvalue weighted by Crippen LogP contribution is -2.37. The molecule has 1 aromatic rings. The molecule has 2 amide bonds. The summed E-state index contributed by atoms with van der Waals surface area (Å²) in [6, 6.07) is 0. The molecule has 2 fully saturated rings. The van der Waals surface area contributed by atoms with Crippen molar-refractivity contribution in [2.75, 3.05) is 26.2 Å². The molecule has 130 valence electrons. The maximum Gasteiger partial charge on any atom is 0.246 e. The molecule has 0 unspecified atom stereocenters. The van der Waals surface area contributed by atoms with E-state index in [0.717, 1.165) is 18.0 Å². The minimum absolute atomic E-state index is 0.00953. The van der Waals surface area contributed by atoms with Gasteiger partial charge in [0.25, 0.3) is 0 Å². The van der Waals surface area contributed by atoms with Crippen molar-refractivity contribution in [3.05, 3.63) is 22.7 Å². The number of amides is 2. The molecule has 0 aromatic carbocycles. The van der Waals surface area contributed by atoms with Gasteiger partial charge in [0, 0.05) is 50.3 Å². The summed E-state index contributed by atoms with van der Waals surface area (Å²) in [7, 11) is 0. The quantitative estimate of drug-likeness (QED) is 0.787. The fraction of sp³-hybridized carbons (Fsp3) is 0.611. The lowest BCUT2D eigenvalue weighted by molar-refractivity contribution is -0.132. The van der Waals surface area contributed by atoms with E-state index in [2.05, 4.69) is 4.98 Å². The van der Waals surface area contributed by atoms with Gasteiger partial charge in [-0.25, -0.2) is 4.98 Å². The lowest BCUT2D eigenvalue weighted by atomic mass is 10.0. The predicted octanol–water partition coefficient (Wildman–Crippen LogP) is 2.80. The van der Waals surface area contributed by atoms with Crippen molar-refractivity contribution >= 4 is 29.2 Å². The third-order valence-electron chi connectivity index (χ3n) is 4.92. The Morgan fingerprint density at radius 3 is 2.62 bits per heavy atom. The summed E-state index contributed by atoms with van der Waals surface area (Å²) in [5.74, 6) is 0.865. The van der Waals surface area contributed by atoms with Crippen LogP contribution in [0.25, 0.3) is 6.08 Å². The van der Waals surface area contributed by atoms with Crippen LogP contribution in [-0.4, -0.2) is 52.8 Å². The predicted molar refractivity (Wildman–Crippen MR) is 95.5 cm³/mol. The second kappa shape index (κ2) is 8.42. The number of hydrogen-bond acceptors (Lipinski definition) is 4. The highest BCUT2D eigenvalue weighted by atomic mass is 32.1. The van der Waals surface area contributed by atoms with Crippen LogP contribution in [0.15, 0.2) is 17.7 Å². The fourth-order valence-corrected chi connectivity index (χ4v) is 4.07. The third kappa shape index (κ3) is 4.66. The second-order valence-corrected chi connectivity index (χ2v) is 7.54. The van der Waals surface area contributed by atoms with Crippen LogP contribution in [0.5, 0.6) is 0 Å². The second-order valence-electron chi connectivity index (χ2n) is 6.62. The molecule has 0 atom stereocenters. The van der Waals surface area contributed by atoms with E-state index in [-0.39, 0.29) is 11.8 Å². The molecule has 1 saturated carbocycles. The maximum absolute atomic E-state index is 12.5. The number of rotatable bonds is 4. The highest BCUT2D eigenvalue weighted by Gasteiger charge is 2.24. The molecule has 2 aliphatic rings. The van der Waals surface area contributed by atoms with Crippen molar-refractivity contribution in [2.45, 2.75) is 38.5 Å². The first-order chi connectivity index (χ1) is 11.7. The number of nitrogens with zero attached hydrogens (tertiary/aromatic N) is 3. The Labute approximate surface area is 147 Å². The van der Waals surface area contributed by atoms with Crippen LogP contribution >= 0.6 is 11.3 Å². The van der Waals surface area contributed by atoms with Gasteiger partial charge in [0.15, 0.2) is 0 Å². The summed E-state index contributed by atoms with van der Waals surface area (Å²) >= 11 is 1.51. The SMILES string of the molecule is O=C(C=Cc1nccs1)N1CCCN(C(=O)CC2CCCC2)CC1. The van der Waals surface area contributed by atoms with Crippen molar-refractivity contribution in [3.8, 4) is 0 Å². The van der Waals surface area contributed by atoms with E-state index >= 15 is 0 Å². The van der Waals surface area contributed by atoms with E-state index in [1.807, 2.05) is 15.2 Å². The number of carbonyl (C=O) groups is 2. The van der Waals surface area contributed by atoms with Gasteiger partial charge in [0.2, 0.25) is 11.8 Å². The molecule has 0 spiro atoms. The molecule has 0 bridgehead atoms. The Hall–Kier alpha value is -1.69. The van der Waals surface area contributed by atoms with Crippen molar-refractivity contribution in [3.63, 3.8) is 0 Å². The summed E-state index contributed by atoms with van der Waals surface area (Å²) in [5, 5.41) is 2.73. The van der Waals surface area contributed by atoms with Gasteiger partial charge in [-0.2, -0.15) is 0 Å². The molecule has 1 aliphatic carbocycles. The Morgan fingerprint density at radius 1 is 1.12 bits per heavy atom. The number of aromatic nitrogens is 1. The Balaban J connectivity index is 1.48. The van der Waals surface area contributed by atoms with Gasteiger partial charge in [0.1, 0.15) is 5.01 Å². The van der Waals surface area contributed by atoms with Crippen LogP contribution in [0.2, 0.25) is 0 Å². The molecule has 24 heavy (non-hydrogen) atoms. The molecule has 0 radical (unpaired) electrons. The number of carbonyl (C=O) groups excluding carboxylic acids is 2. The van der Waals surface area contributed by atoms with Crippen LogP contribution < -0.4 is 0 Å². The van der Waals surface area contributed by atoms with E-state index in [4.69, 9.17) is 0 Å². The highest BCUT2D eigenvalue weighted by molar-refractivity contribution is 7.10. The normalized spacial score (nSPS) is 19.8. The van der Waals surface area contributed by atoms with Gasteiger partial charge in [-0.3, -0.25) is 9.59 Å². The zero-order valence-corrected chi connectivity index (χ0v) is 14.8. The zero-order chi connectivity index (χ0) is 16.8. The Kier molecular flexibility index (Phi) is 6.01. The molecular weight excluding hydrogens is 322 g/mol. The van der Waals surface area contributed by atoms with Gasteiger partial charge in [0.05, 0.1) is 0 Å². The molecule has 1 saturated heterocycles. The van der Waals surface area contributed by atoms with E-state index in [1.54, 1.807) is 18.3 Å². The van der Waals surface area contributed by atoms with Crippen molar-refractivity contribution in [2.24, 2.45) is 5.92 Å². The van der Waals surface area contributed by atoms with Crippen LogP contribution in [-0.2, 0) is 9.59 Å².